The number of likely N-dealkylation sites (N-methyl/N-ethyl adjacent to an activating group) is 1. The van der Waals surface area contributed by atoms with Gasteiger partial charge in [0.25, 0.3) is 0 Å². The number of nitrogens with zero attached hydrogens (tertiary/aromatic N) is 2. The summed E-state index contributed by atoms with van der Waals surface area (Å²) in [7, 11) is -1.95. The van der Waals surface area contributed by atoms with E-state index in [-0.39, 0.29) is 21.3 Å². The predicted octanol–water partition coefficient (Wildman–Crippen LogP) is 2.40. The van der Waals surface area contributed by atoms with Crippen LogP contribution in [0.5, 0.6) is 0 Å². The fourth-order valence-electron chi connectivity index (χ4n) is 3.41. The minimum Gasteiger partial charge on any atom is -0.467 e. The zero-order valence-electron chi connectivity index (χ0n) is 16.9. The largest absolute Gasteiger partial charge is 0.467 e. The molecule has 1 aliphatic heterocycles. The summed E-state index contributed by atoms with van der Waals surface area (Å²) in [6.07, 6.45) is 2.54. The molecule has 1 fully saturated rings. The first-order chi connectivity index (χ1) is 14.2. The fourth-order valence-corrected chi connectivity index (χ4v) is 4.51. The van der Waals surface area contributed by atoms with Crippen LogP contribution in [-0.2, 0) is 16.6 Å². The standard InChI is InChI=1S/C20H27ClN4O4S/c1-24-7-9-25(10-8-24)6-2-5-19(26)16-12-20(30(22,27)28)17(21)13-18(16)23-14-15-4-3-11-29-15/h3-4,11-13,23H,2,5-10,14H2,1H3,(H2,22,27,28). The molecule has 8 nitrogen and oxygen atoms in total. The maximum absolute atomic E-state index is 12.9. The van der Waals surface area contributed by atoms with Crippen LogP contribution in [0.3, 0.4) is 0 Å². The molecule has 0 bridgehead atoms. The van der Waals surface area contributed by atoms with E-state index in [0.717, 1.165) is 32.7 Å². The lowest BCUT2D eigenvalue weighted by molar-refractivity contribution is 0.0967. The second-order valence-electron chi connectivity index (χ2n) is 7.48. The average Bonchev–Trinajstić information content (AvgIpc) is 3.20. The zero-order chi connectivity index (χ0) is 21.7. The highest BCUT2D eigenvalue weighted by molar-refractivity contribution is 7.89. The molecule has 2 aromatic rings. The van der Waals surface area contributed by atoms with E-state index < -0.39 is 10.0 Å². The number of sulfonamides is 1. The number of anilines is 1. The molecule has 3 rings (SSSR count). The third-order valence-electron chi connectivity index (χ3n) is 5.19. The molecule has 2 heterocycles. The van der Waals surface area contributed by atoms with Gasteiger partial charge >= 0.3 is 0 Å². The quantitative estimate of drug-likeness (QED) is 0.560. The van der Waals surface area contributed by atoms with Crippen LogP contribution in [0, 0.1) is 0 Å². The number of furan rings is 1. The number of halogens is 1. The molecule has 0 amide bonds. The molecule has 1 aromatic carbocycles. The number of nitrogens with one attached hydrogen (secondary N) is 1. The highest BCUT2D eigenvalue weighted by Gasteiger charge is 2.21. The lowest BCUT2D eigenvalue weighted by atomic mass is 10.0. The molecule has 0 unspecified atom stereocenters. The van der Waals surface area contributed by atoms with Gasteiger partial charge in [0.2, 0.25) is 10.0 Å². The molecule has 10 heteroatoms. The number of primary sulfonamides is 1. The van der Waals surface area contributed by atoms with E-state index in [1.165, 1.54) is 12.1 Å². The Balaban J connectivity index is 1.72. The number of benzene rings is 1. The van der Waals surface area contributed by atoms with Crippen molar-refractivity contribution in [3.8, 4) is 0 Å². The van der Waals surface area contributed by atoms with Crippen LogP contribution in [0.25, 0.3) is 0 Å². The van der Waals surface area contributed by atoms with Gasteiger partial charge in [0.15, 0.2) is 5.78 Å². The van der Waals surface area contributed by atoms with Crippen molar-refractivity contribution in [3.05, 3.63) is 46.9 Å². The topological polar surface area (TPSA) is 109 Å². The molecule has 0 spiro atoms. The van der Waals surface area contributed by atoms with Crippen molar-refractivity contribution in [3.63, 3.8) is 0 Å². The van der Waals surface area contributed by atoms with Crippen LogP contribution in [0.15, 0.2) is 39.8 Å². The monoisotopic (exact) mass is 454 g/mol. The first-order valence-electron chi connectivity index (χ1n) is 9.81. The van der Waals surface area contributed by atoms with Crippen molar-refractivity contribution in [2.24, 2.45) is 5.14 Å². The summed E-state index contributed by atoms with van der Waals surface area (Å²) in [6, 6.07) is 6.25. The number of Topliss-reactive ketones (excluding diaryl/α,β-unsaturated/α-hetero) is 1. The Bertz CT molecular complexity index is 971. The van der Waals surface area contributed by atoms with Gasteiger partial charge in [-0.1, -0.05) is 11.6 Å². The van der Waals surface area contributed by atoms with Gasteiger partial charge in [0.05, 0.1) is 17.8 Å². The first-order valence-corrected chi connectivity index (χ1v) is 11.7. The zero-order valence-corrected chi connectivity index (χ0v) is 18.5. The lowest BCUT2D eigenvalue weighted by Gasteiger charge is -2.32. The SMILES string of the molecule is CN1CCN(CCCC(=O)c2cc(S(N)(=O)=O)c(Cl)cc2NCc2ccco2)CC1. The minimum atomic E-state index is -4.05. The van der Waals surface area contributed by atoms with Crippen molar-refractivity contribution in [2.45, 2.75) is 24.3 Å². The van der Waals surface area contributed by atoms with Crippen LogP contribution in [0.4, 0.5) is 5.69 Å². The Hall–Kier alpha value is -1.91. The third-order valence-corrected chi connectivity index (χ3v) is 6.56. The molecule has 0 atom stereocenters. The highest BCUT2D eigenvalue weighted by atomic mass is 35.5. The van der Waals surface area contributed by atoms with Gasteiger partial charge in [-0.05, 0) is 44.3 Å². The second-order valence-corrected chi connectivity index (χ2v) is 9.41. The van der Waals surface area contributed by atoms with Crippen molar-refractivity contribution in [1.82, 2.24) is 9.80 Å². The number of rotatable bonds is 9. The number of hydrogen-bond acceptors (Lipinski definition) is 7. The van der Waals surface area contributed by atoms with Crippen LogP contribution in [0.1, 0.15) is 29.0 Å². The number of hydrogen-bond donors (Lipinski definition) is 2. The van der Waals surface area contributed by atoms with Gasteiger partial charge in [-0.25, -0.2) is 13.6 Å². The molecular formula is C20H27ClN4O4S. The minimum absolute atomic E-state index is 0.0339. The van der Waals surface area contributed by atoms with Crippen LogP contribution >= 0.6 is 11.6 Å². The summed E-state index contributed by atoms with van der Waals surface area (Å²) >= 11 is 6.12. The van der Waals surface area contributed by atoms with Crippen molar-refractivity contribution >= 4 is 33.1 Å². The summed E-state index contributed by atoms with van der Waals surface area (Å²) in [6.45, 7) is 5.16. The van der Waals surface area contributed by atoms with Gasteiger partial charge in [-0.3, -0.25) is 4.79 Å². The molecular weight excluding hydrogens is 428 g/mol. The number of carbonyl (C=O) groups excluding carboxylic acids is 1. The Morgan fingerprint density at radius 1 is 1.27 bits per heavy atom. The third kappa shape index (κ3) is 6.05. The number of nitrogens with two attached hydrogens (primary N) is 1. The molecule has 0 aliphatic carbocycles. The molecule has 0 radical (unpaired) electrons. The fraction of sp³-hybridized carbons (Fsp3) is 0.450. The summed E-state index contributed by atoms with van der Waals surface area (Å²) in [5.41, 5.74) is 0.710. The summed E-state index contributed by atoms with van der Waals surface area (Å²) < 4.78 is 29.0. The molecule has 1 aromatic heterocycles. The molecule has 1 saturated heterocycles. The molecule has 3 N–H and O–H groups in total. The maximum atomic E-state index is 12.9. The van der Waals surface area contributed by atoms with E-state index in [0.29, 0.717) is 30.8 Å². The van der Waals surface area contributed by atoms with E-state index in [9.17, 15) is 13.2 Å². The molecule has 164 valence electrons. The van der Waals surface area contributed by atoms with E-state index >= 15 is 0 Å². The van der Waals surface area contributed by atoms with Gasteiger partial charge < -0.3 is 19.5 Å². The predicted molar refractivity (Wildman–Crippen MR) is 116 cm³/mol. The summed E-state index contributed by atoms with van der Waals surface area (Å²) in [5, 5.41) is 8.34. The van der Waals surface area contributed by atoms with E-state index in [2.05, 4.69) is 22.2 Å². The normalized spacial score (nSPS) is 16.0. The van der Waals surface area contributed by atoms with Gasteiger partial charge in [-0.2, -0.15) is 0 Å². The van der Waals surface area contributed by atoms with E-state index in [1.54, 1.807) is 18.4 Å². The summed E-state index contributed by atoms with van der Waals surface area (Å²) in [4.78, 5) is 17.3. The highest BCUT2D eigenvalue weighted by Crippen LogP contribution is 2.30. The van der Waals surface area contributed by atoms with Gasteiger partial charge in [0, 0.05) is 43.9 Å². The number of carbonyl (C=O) groups is 1. The van der Waals surface area contributed by atoms with Crippen molar-refractivity contribution in [1.29, 1.82) is 0 Å². The molecule has 1 aliphatic rings. The first kappa shape index (κ1) is 22.8. The summed E-state index contributed by atoms with van der Waals surface area (Å²) in [5.74, 6) is 0.516. The Kier molecular flexibility index (Phi) is 7.54. The van der Waals surface area contributed by atoms with Crippen molar-refractivity contribution in [2.75, 3.05) is 45.1 Å². The average molecular weight is 455 g/mol. The number of piperazine rings is 1. The Morgan fingerprint density at radius 2 is 2.00 bits per heavy atom. The Labute approximate surface area is 182 Å². The lowest BCUT2D eigenvalue weighted by Crippen LogP contribution is -2.44. The van der Waals surface area contributed by atoms with E-state index in [1.807, 2.05) is 0 Å². The van der Waals surface area contributed by atoms with E-state index in [4.69, 9.17) is 21.2 Å². The van der Waals surface area contributed by atoms with Gasteiger partial charge in [0.1, 0.15) is 10.7 Å². The van der Waals surface area contributed by atoms with Crippen LogP contribution < -0.4 is 10.5 Å². The molecule has 0 saturated carbocycles. The van der Waals surface area contributed by atoms with Gasteiger partial charge in [-0.15, -0.1) is 0 Å². The van der Waals surface area contributed by atoms with Crippen LogP contribution in [-0.4, -0.2) is 63.8 Å². The molecule has 30 heavy (non-hydrogen) atoms. The maximum Gasteiger partial charge on any atom is 0.239 e. The second kappa shape index (κ2) is 9.93. The Morgan fingerprint density at radius 3 is 2.63 bits per heavy atom. The van der Waals surface area contributed by atoms with Crippen molar-refractivity contribution < 1.29 is 17.6 Å². The number of ketones is 1. The van der Waals surface area contributed by atoms with Crippen LogP contribution in [0.2, 0.25) is 5.02 Å². The smallest absolute Gasteiger partial charge is 0.239 e.